The zero-order chi connectivity index (χ0) is 9.78. The number of hydrogen-bond donors (Lipinski definition) is 2. The van der Waals surface area contributed by atoms with Crippen LogP contribution in [0.25, 0.3) is 0 Å². The van der Waals surface area contributed by atoms with Crippen molar-refractivity contribution in [3.05, 3.63) is 24.0 Å². The summed E-state index contributed by atoms with van der Waals surface area (Å²) in [6, 6.07) is 0. The van der Waals surface area contributed by atoms with Crippen LogP contribution in [0.2, 0.25) is 0 Å². The van der Waals surface area contributed by atoms with E-state index in [2.05, 4.69) is 12.0 Å². The fraction of sp³-hybridized carbons (Fsp3) is 0.556. The van der Waals surface area contributed by atoms with Gasteiger partial charge in [0.2, 0.25) is 0 Å². The molecule has 0 saturated carbocycles. The largest absolute Gasteiger partial charge is 0.497 e. The highest BCUT2D eigenvalue weighted by atomic mass is 16.5. The maximum atomic E-state index is 5.36. The van der Waals surface area contributed by atoms with Crippen molar-refractivity contribution in [2.45, 2.75) is 26.3 Å². The van der Waals surface area contributed by atoms with E-state index in [0.717, 1.165) is 5.57 Å². The van der Waals surface area contributed by atoms with E-state index < -0.39 is 0 Å². The van der Waals surface area contributed by atoms with Crippen molar-refractivity contribution in [1.82, 2.24) is 5.43 Å². The first-order valence-corrected chi connectivity index (χ1v) is 3.83. The van der Waals surface area contributed by atoms with E-state index in [1.54, 1.807) is 7.11 Å². The third kappa shape index (κ3) is 3.07. The van der Waals surface area contributed by atoms with Crippen molar-refractivity contribution in [1.29, 1.82) is 0 Å². The second-order valence-electron chi connectivity index (χ2n) is 3.27. The van der Waals surface area contributed by atoms with Crippen molar-refractivity contribution < 1.29 is 4.74 Å². The highest BCUT2D eigenvalue weighted by Crippen LogP contribution is 2.15. The molecule has 0 heterocycles. The van der Waals surface area contributed by atoms with Crippen LogP contribution in [0.3, 0.4) is 0 Å². The van der Waals surface area contributed by atoms with Gasteiger partial charge >= 0.3 is 0 Å². The lowest BCUT2D eigenvalue weighted by Gasteiger charge is -2.24. The van der Waals surface area contributed by atoms with E-state index in [1.165, 1.54) is 0 Å². The van der Waals surface area contributed by atoms with Crippen LogP contribution in [0.5, 0.6) is 0 Å². The van der Waals surface area contributed by atoms with Crippen LogP contribution in [0.1, 0.15) is 20.8 Å². The highest BCUT2D eigenvalue weighted by Gasteiger charge is 2.17. The van der Waals surface area contributed by atoms with E-state index in [1.807, 2.05) is 26.8 Å². The molecule has 0 aromatic rings. The molecule has 3 nitrogen and oxygen atoms in total. The van der Waals surface area contributed by atoms with Crippen molar-refractivity contribution >= 4 is 0 Å². The molecule has 3 heteroatoms. The SMILES string of the molecule is C=C(/C=C(/C)C(C)(C)NN)OC. The van der Waals surface area contributed by atoms with E-state index in [0.29, 0.717) is 5.76 Å². The van der Waals surface area contributed by atoms with Gasteiger partial charge in [-0.25, -0.2) is 0 Å². The Morgan fingerprint density at radius 1 is 1.58 bits per heavy atom. The molecule has 0 bridgehead atoms. The fourth-order valence-electron chi connectivity index (χ4n) is 0.595. The van der Waals surface area contributed by atoms with Crippen molar-refractivity contribution in [3.63, 3.8) is 0 Å². The molecule has 0 aliphatic carbocycles. The predicted octanol–water partition coefficient (Wildman–Crippen LogP) is 1.33. The maximum Gasteiger partial charge on any atom is 0.111 e. The zero-order valence-corrected chi connectivity index (χ0v) is 8.27. The molecule has 0 aromatic heterocycles. The second-order valence-corrected chi connectivity index (χ2v) is 3.27. The molecule has 0 amide bonds. The Balaban J connectivity index is 4.46. The monoisotopic (exact) mass is 170 g/mol. The Kier molecular flexibility index (Phi) is 4.00. The molecule has 0 radical (unpaired) electrons. The lowest BCUT2D eigenvalue weighted by Crippen LogP contribution is -2.45. The Morgan fingerprint density at radius 3 is 2.42 bits per heavy atom. The lowest BCUT2D eigenvalue weighted by molar-refractivity contribution is 0.307. The summed E-state index contributed by atoms with van der Waals surface area (Å²) in [5.41, 5.74) is 3.57. The summed E-state index contributed by atoms with van der Waals surface area (Å²) in [7, 11) is 1.59. The zero-order valence-electron chi connectivity index (χ0n) is 8.27. The van der Waals surface area contributed by atoms with Gasteiger partial charge in [0.25, 0.3) is 0 Å². The third-order valence-corrected chi connectivity index (χ3v) is 1.99. The summed E-state index contributed by atoms with van der Waals surface area (Å²) in [4.78, 5) is 0. The van der Waals surface area contributed by atoms with Gasteiger partial charge in [-0.1, -0.05) is 6.58 Å². The minimum Gasteiger partial charge on any atom is -0.497 e. The number of methoxy groups -OCH3 is 1. The topological polar surface area (TPSA) is 47.3 Å². The number of hydrogen-bond acceptors (Lipinski definition) is 3. The van der Waals surface area contributed by atoms with Crippen LogP contribution in [0.15, 0.2) is 24.0 Å². The number of rotatable bonds is 4. The van der Waals surface area contributed by atoms with Crippen LogP contribution < -0.4 is 11.3 Å². The van der Waals surface area contributed by atoms with Gasteiger partial charge in [0.05, 0.1) is 7.11 Å². The molecule has 0 spiro atoms. The summed E-state index contributed by atoms with van der Waals surface area (Å²) in [5.74, 6) is 6.00. The number of allylic oxidation sites excluding steroid dienone is 1. The standard InChI is InChI=1S/C9H18N2O/c1-7(6-8(2)12-5)9(3,4)11-10/h6,11H,2,10H2,1,3-5H3/b7-6-. The first-order valence-electron chi connectivity index (χ1n) is 3.83. The van der Waals surface area contributed by atoms with Gasteiger partial charge in [-0.15, -0.1) is 0 Å². The molecular weight excluding hydrogens is 152 g/mol. The van der Waals surface area contributed by atoms with Crippen LogP contribution in [-0.4, -0.2) is 12.6 Å². The lowest BCUT2D eigenvalue weighted by atomic mass is 9.96. The Hall–Kier alpha value is -0.800. The first-order chi connectivity index (χ1) is 5.44. The smallest absolute Gasteiger partial charge is 0.111 e. The van der Waals surface area contributed by atoms with Gasteiger partial charge in [0, 0.05) is 5.54 Å². The molecule has 0 aliphatic heterocycles. The molecule has 0 aliphatic rings. The number of hydrazine groups is 1. The molecule has 0 fully saturated rings. The molecule has 0 aromatic carbocycles. The average molecular weight is 170 g/mol. The summed E-state index contributed by atoms with van der Waals surface area (Å²) in [6.45, 7) is 9.65. The van der Waals surface area contributed by atoms with E-state index in [4.69, 9.17) is 10.6 Å². The second kappa shape index (κ2) is 4.28. The molecule has 12 heavy (non-hydrogen) atoms. The van der Waals surface area contributed by atoms with Crippen molar-refractivity contribution in [2.75, 3.05) is 7.11 Å². The molecule has 3 N–H and O–H groups in total. The fourth-order valence-corrected chi connectivity index (χ4v) is 0.595. The van der Waals surface area contributed by atoms with Crippen LogP contribution >= 0.6 is 0 Å². The molecule has 0 rings (SSSR count). The van der Waals surface area contributed by atoms with Crippen molar-refractivity contribution in [2.24, 2.45) is 5.84 Å². The minimum absolute atomic E-state index is 0.221. The molecular formula is C9H18N2O. The normalized spacial score (nSPS) is 12.9. The quantitative estimate of drug-likeness (QED) is 0.290. The van der Waals surface area contributed by atoms with Crippen LogP contribution in [-0.2, 0) is 4.74 Å². The minimum atomic E-state index is -0.221. The Labute approximate surface area is 74.3 Å². The highest BCUT2D eigenvalue weighted by molar-refractivity contribution is 5.22. The molecule has 70 valence electrons. The number of nitrogens with two attached hydrogens (primary N) is 1. The third-order valence-electron chi connectivity index (χ3n) is 1.99. The molecule has 0 atom stereocenters. The first kappa shape index (κ1) is 11.2. The van der Waals surface area contributed by atoms with Gasteiger partial charge in [-0.05, 0) is 32.4 Å². The van der Waals surface area contributed by atoms with Crippen molar-refractivity contribution in [3.8, 4) is 0 Å². The van der Waals surface area contributed by atoms with E-state index in [-0.39, 0.29) is 5.54 Å². The van der Waals surface area contributed by atoms with Crippen LogP contribution in [0, 0.1) is 0 Å². The number of ether oxygens (including phenoxy) is 1. The van der Waals surface area contributed by atoms with Gasteiger partial charge in [-0.3, -0.25) is 11.3 Å². The van der Waals surface area contributed by atoms with Gasteiger partial charge in [0.1, 0.15) is 5.76 Å². The van der Waals surface area contributed by atoms with Gasteiger partial charge in [-0.2, -0.15) is 0 Å². The molecule has 0 saturated heterocycles. The van der Waals surface area contributed by atoms with Crippen LogP contribution in [0.4, 0.5) is 0 Å². The Bertz CT molecular complexity index is 195. The average Bonchev–Trinajstić information content (AvgIpc) is 2.04. The van der Waals surface area contributed by atoms with Gasteiger partial charge in [0.15, 0.2) is 0 Å². The summed E-state index contributed by atoms with van der Waals surface area (Å²) >= 11 is 0. The van der Waals surface area contributed by atoms with Gasteiger partial charge < -0.3 is 4.74 Å². The predicted molar refractivity (Wildman–Crippen MR) is 51.3 cm³/mol. The maximum absolute atomic E-state index is 5.36. The molecule has 0 unspecified atom stereocenters. The number of nitrogens with one attached hydrogen (secondary N) is 1. The summed E-state index contributed by atoms with van der Waals surface area (Å²) in [5, 5.41) is 0. The Morgan fingerprint density at radius 2 is 2.08 bits per heavy atom. The summed E-state index contributed by atoms with van der Waals surface area (Å²) in [6.07, 6.45) is 1.86. The summed E-state index contributed by atoms with van der Waals surface area (Å²) < 4.78 is 4.92. The van der Waals surface area contributed by atoms with E-state index >= 15 is 0 Å². The van der Waals surface area contributed by atoms with E-state index in [9.17, 15) is 0 Å².